The van der Waals surface area contributed by atoms with Gasteiger partial charge in [0.15, 0.2) is 5.13 Å². The van der Waals surface area contributed by atoms with E-state index in [4.69, 9.17) is 0 Å². The van der Waals surface area contributed by atoms with E-state index in [1.54, 1.807) is 0 Å². The van der Waals surface area contributed by atoms with E-state index in [0.717, 1.165) is 42.6 Å². The van der Waals surface area contributed by atoms with Gasteiger partial charge in [0.2, 0.25) is 5.91 Å². The van der Waals surface area contributed by atoms with Gasteiger partial charge in [-0.2, -0.15) is 0 Å². The summed E-state index contributed by atoms with van der Waals surface area (Å²) in [6.45, 7) is 7.47. The van der Waals surface area contributed by atoms with E-state index in [0.29, 0.717) is 6.42 Å². The molecule has 0 radical (unpaired) electrons. The molecule has 0 spiro atoms. The zero-order valence-electron chi connectivity index (χ0n) is 15.6. The minimum absolute atomic E-state index is 0.0588. The number of aryl methyl sites for hydroxylation is 1. The Balaban J connectivity index is 1.50. The highest BCUT2D eigenvalue weighted by Gasteiger charge is 2.18. The van der Waals surface area contributed by atoms with E-state index in [2.05, 4.69) is 46.5 Å². The molecule has 3 rings (SSSR count). The molecule has 1 atom stereocenters. The molecule has 0 bridgehead atoms. The summed E-state index contributed by atoms with van der Waals surface area (Å²) in [6.07, 6.45) is 3.85. The number of hydrogen-bond donors (Lipinski definition) is 2. The van der Waals surface area contributed by atoms with Crippen molar-refractivity contribution < 1.29 is 4.79 Å². The van der Waals surface area contributed by atoms with Gasteiger partial charge >= 0.3 is 0 Å². The first kappa shape index (κ1) is 18.9. The first-order valence-electron chi connectivity index (χ1n) is 9.42. The smallest absolute Gasteiger partial charge is 0.226 e. The Bertz CT molecular complexity index is 724. The molecular formula is C20H28N4OS. The Morgan fingerprint density at radius 1 is 1.35 bits per heavy atom. The lowest BCUT2D eigenvalue weighted by molar-refractivity contribution is -0.121. The van der Waals surface area contributed by atoms with E-state index in [1.165, 1.54) is 29.7 Å². The summed E-state index contributed by atoms with van der Waals surface area (Å²) in [5, 5.41) is 9.26. The van der Waals surface area contributed by atoms with Crippen LogP contribution in [0.2, 0.25) is 0 Å². The van der Waals surface area contributed by atoms with Gasteiger partial charge in [0, 0.05) is 23.7 Å². The zero-order chi connectivity index (χ0) is 18.4. The molecule has 140 valence electrons. The molecule has 1 aromatic carbocycles. The van der Waals surface area contributed by atoms with E-state index in [1.807, 2.05) is 17.5 Å². The molecule has 26 heavy (non-hydrogen) atoms. The maximum atomic E-state index is 12.4. The molecule has 1 amide bonds. The van der Waals surface area contributed by atoms with Gasteiger partial charge in [-0.25, -0.2) is 4.98 Å². The minimum Gasteiger partial charge on any atom is -0.352 e. The highest BCUT2D eigenvalue weighted by Crippen LogP contribution is 2.21. The van der Waals surface area contributed by atoms with Gasteiger partial charge in [-0.3, -0.25) is 4.79 Å². The van der Waals surface area contributed by atoms with Crippen LogP contribution >= 0.6 is 11.3 Å². The van der Waals surface area contributed by atoms with Gasteiger partial charge in [0.1, 0.15) is 0 Å². The maximum absolute atomic E-state index is 12.4. The van der Waals surface area contributed by atoms with Crippen LogP contribution in [0.15, 0.2) is 29.6 Å². The number of rotatable bonds is 8. The van der Waals surface area contributed by atoms with Crippen LogP contribution in [0.5, 0.6) is 0 Å². The maximum Gasteiger partial charge on any atom is 0.226 e. The van der Waals surface area contributed by atoms with Crippen LogP contribution < -0.4 is 10.6 Å². The molecule has 1 saturated heterocycles. The second-order valence-corrected chi connectivity index (χ2v) is 7.85. The number of likely N-dealkylation sites (tertiary alicyclic amines) is 1. The first-order chi connectivity index (χ1) is 12.6. The Morgan fingerprint density at radius 2 is 2.15 bits per heavy atom. The van der Waals surface area contributed by atoms with Crippen molar-refractivity contribution in [1.29, 1.82) is 0 Å². The van der Waals surface area contributed by atoms with Gasteiger partial charge in [-0.1, -0.05) is 19.1 Å². The van der Waals surface area contributed by atoms with Crippen LogP contribution in [0.3, 0.4) is 0 Å². The molecule has 5 nitrogen and oxygen atoms in total. The molecule has 1 fully saturated rings. The Kier molecular flexibility index (Phi) is 6.63. The van der Waals surface area contributed by atoms with Crippen molar-refractivity contribution in [3.05, 3.63) is 40.9 Å². The summed E-state index contributed by atoms with van der Waals surface area (Å²) in [4.78, 5) is 19.4. The third-order valence-corrected chi connectivity index (χ3v) is 5.50. The average molecular weight is 373 g/mol. The highest BCUT2D eigenvalue weighted by molar-refractivity contribution is 7.13. The largest absolute Gasteiger partial charge is 0.352 e. The number of hydrogen-bond acceptors (Lipinski definition) is 5. The third kappa shape index (κ3) is 5.54. The third-order valence-electron chi connectivity index (χ3n) is 4.70. The van der Waals surface area contributed by atoms with Gasteiger partial charge in [0.05, 0.1) is 12.1 Å². The number of carbonyl (C=O) groups excluding carboxylic acids is 1. The summed E-state index contributed by atoms with van der Waals surface area (Å²) in [7, 11) is 0. The number of aromatic nitrogens is 1. The van der Waals surface area contributed by atoms with Crippen molar-refractivity contribution >= 4 is 28.1 Å². The normalized spacial score (nSPS) is 15.8. The monoisotopic (exact) mass is 372 g/mol. The second kappa shape index (κ2) is 9.14. The van der Waals surface area contributed by atoms with Crippen LogP contribution in [0.4, 0.5) is 10.8 Å². The van der Waals surface area contributed by atoms with E-state index in [-0.39, 0.29) is 11.9 Å². The van der Waals surface area contributed by atoms with Crippen LogP contribution in [-0.4, -0.2) is 41.5 Å². The van der Waals surface area contributed by atoms with E-state index in [9.17, 15) is 4.79 Å². The summed E-state index contributed by atoms with van der Waals surface area (Å²) >= 11 is 1.53. The Hall–Kier alpha value is -1.92. The minimum atomic E-state index is 0.0588. The average Bonchev–Trinajstić information content (AvgIpc) is 3.26. The summed E-state index contributed by atoms with van der Waals surface area (Å²) in [6, 6.07) is 8.41. The molecule has 6 heteroatoms. The van der Waals surface area contributed by atoms with Crippen LogP contribution in [0.1, 0.15) is 37.4 Å². The summed E-state index contributed by atoms with van der Waals surface area (Å²) < 4.78 is 0. The number of benzene rings is 1. The molecule has 0 aliphatic carbocycles. The van der Waals surface area contributed by atoms with Crippen molar-refractivity contribution in [3.63, 3.8) is 0 Å². The molecule has 2 heterocycles. The molecule has 0 unspecified atom stereocenters. The first-order valence-corrected chi connectivity index (χ1v) is 10.3. The SMILES string of the molecule is CC[C@@H](CN1CCCC1)NC(=O)Cc1csc(Nc2cccc(C)c2)n1. The molecule has 1 aliphatic heterocycles. The lowest BCUT2D eigenvalue weighted by Crippen LogP contribution is -2.43. The molecule has 0 saturated carbocycles. The Labute approximate surface area is 159 Å². The van der Waals surface area contributed by atoms with Crippen molar-refractivity contribution in [1.82, 2.24) is 15.2 Å². The number of nitrogens with one attached hydrogen (secondary N) is 2. The van der Waals surface area contributed by atoms with Gasteiger partial charge in [0.25, 0.3) is 0 Å². The van der Waals surface area contributed by atoms with E-state index < -0.39 is 0 Å². The lowest BCUT2D eigenvalue weighted by atomic mass is 10.2. The standard InChI is InChI=1S/C20H28N4OS/c1-3-16(13-24-9-4-5-10-24)21-19(25)12-18-14-26-20(23-18)22-17-8-6-7-15(2)11-17/h6-8,11,14,16H,3-5,9-10,12-13H2,1-2H3,(H,21,25)(H,22,23)/t16-/m0/s1. The zero-order valence-corrected chi connectivity index (χ0v) is 16.4. The molecule has 1 aromatic heterocycles. The van der Waals surface area contributed by atoms with Gasteiger partial charge in [-0.05, 0) is 57.0 Å². The fourth-order valence-corrected chi connectivity index (χ4v) is 4.02. The number of anilines is 2. The summed E-state index contributed by atoms with van der Waals surface area (Å²) in [5.74, 6) is 0.0588. The second-order valence-electron chi connectivity index (χ2n) is 7.00. The predicted molar refractivity (Wildman–Crippen MR) is 108 cm³/mol. The molecule has 2 N–H and O–H groups in total. The molecular weight excluding hydrogens is 344 g/mol. The number of thiazole rings is 1. The fourth-order valence-electron chi connectivity index (χ4n) is 3.29. The Morgan fingerprint density at radius 3 is 2.88 bits per heavy atom. The van der Waals surface area contributed by atoms with Crippen molar-refractivity contribution in [2.75, 3.05) is 25.0 Å². The van der Waals surface area contributed by atoms with Gasteiger partial charge in [-0.15, -0.1) is 11.3 Å². The number of carbonyl (C=O) groups is 1. The van der Waals surface area contributed by atoms with Gasteiger partial charge < -0.3 is 15.5 Å². The molecule has 2 aromatic rings. The van der Waals surface area contributed by atoms with Crippen molar-refractivity contribution in [2.45, 2.75) is 45.6 Å². The number of nitrogens with zero attached hydrogens (tertiary/aromatic N) is 2. The predicted octanol–water partition coefficient (Wildman–Crippen LogP) is 3.73. The number of amides is 1. The highest BCUT2D eigenvalue weighted by atomic mass is 32.1. The lowest BCUT2D eigenvalue weighted by Gasteiger charge is -2.23. The fraction of sp³-hybridized carbons (Fsp3) is 0.500. The summed E-state index contributed by atoms with van der Waals surface area (Å²) in [5.41, 5.74) is 3.04. The van der Waals surface area contributed by atoms with Crippen LogP contribution in [0, 0.1) is 6.92 Å². The van der Waals surface area contributed by atoms with Crippen molar-refractivity contribution in [3.8, 4) is 0 Å². The van der Waals surface area contributed by atoms with Crippen LogP contribution in [-0.2, 0) is 11.2 Å². The van der Waals surface area contributed by atoms with Crippen LogP contribution in [0.25, 0.3) is 0 Å². The van der Waals surface area contributed by atoms with Crippen molar-refractivity contribution in [2.24, 2.45) is 0 Å². The topological polar surface area (TPSA) is 57.3 Å². The van der Waals surface area contributed by atoms with E-state index >= 15 is 0 Å². The molecule has 1 aliphatic rings. The quantitative estimate of drug-likeness (QED) is 0.741.